The van der Waals surface area contributed by atoms with E-state index in [4.69, 9.17) is 4.42 Å². The molecule has 112 valence electrons. The second-order valence-corrected chi connectivity index (χ2v) is 5.93. The van der Waals surface area contributed by atoms with Crippen LogP contribution in [0.25, 0.3) is 0 Å². The van der Waals surface area contributed by atoms with E-state index >= 15 is 0 Å². The summed E-state index contributed by atoms with van der Waals surface area (Å²) in [5.41, 5.74) is 3.79. The average Bonchev–Trinajstić information content (AvgIpc) is 3.21. The summed E-state index contributed by atoms with van der Waals surface area (Å²) in [6, 6.07) is 11.5. The van der Waals surface area contributed by atoms with E-state index in [1.165, 1.54) is 29.7 Å². The Morgan fingerprint density at radius 3 is 2.86 bits per heavy atom. The number of furan rings is 1. The Morgan fingerprint density at radius 1 is 1.29 bits per heavy atom. The fourth-order valence-corrected chi connectivity index (χ4v) is 2.55. The Labute approximate surface area is 127 Å². The Bertz CT molecular complexity index is 586. The van der Waals surface area contributed by atoms with Gasteiger partial charge in [0.05, 0.1) is 12.8 Å². The van der Waals surface area contributed by atoms with Gasteiger partial charge in [0.2, 0.25) is 0 Å². The van der Waals surface area contributed by atoms with E-state index in [1.54, 1.807) is 0 Å². The molecule has 0 radical (unpaired) electrons. The molecule has 0 atom stereocenters. The fraction of sp³-hybridized carbons (Fsp3) is 0.444. The van der Waals surface area contributed by atoms with Crippen LogP contribution in [-0.4, -0.2) is 12.6 Å². The maximum atomic E-state index is 5.72. The molecule has 1 aliphatic carbocycles. The molecule has 1 aromatic heterocycles. The van der Waals surface area contributed by atoms with Crippen molar-refractivity contribution in [3.8, 4) is 0 Å². The van der Waals surface area contributed by atoms with E-state index in [9.17, 15) is 0 Å². The molecule has 1 saturated carbocycles. The highest BCUT2D eigenvalue weighted by atomic mass is 16.3. The van der Waals surface area contributed by atoms with Crippen LogP contribution in [0.1, 0.15) is 36.7 Å². The average molecular weight is 284 g/mol. The van der Waals surface area contributed by atoms with Crippen molar-refractivity contribution in [1.29, 1.82) is 0 Å². The van der Waals surface area contributed by atoms with Crippen LogP contribution in [0.5, 0.6) is 0 Å². The smallest absolute Gasteiger partial charge is 0.123 e. The monoisotopic (exact) mass is 284 g/mol. The second-order valence-electron chi connectivity index (χ2n) is 5.93. The number of rotatable bonds is 7. The molecule has 1 aromatic carbocycles. The van der Waals surface area contributed by atoms with Crippen molar-refractivity contribution in [2.45, 2.75) is 45.8 Å². The van der Waals surface area contributed by atoms with Gasteiger partial charge in [-0.15, -0.1) is 0 Å². The minimum atomic E-state index is 0.739. The molecular formula is C18H24N2O. The van der Waals surface area contributed by atoms with Crippen molar-refractivity contribution >= 4 is 5.69 Å². The van der Waals surface area contributed by atoms with Crippen molar-refractivity contribution in [2.24, 2.45) is 0 Å². The number of nitrogens with zero attached hydrogens (tertiary/aromatic N) is 1. The SMILES string of the molecule is CCN(Cc1cc(CNC2CC2)co1)c1cccc(C)c1. The van der Waals surface area contributed by atoms with Gasteiger partial charge in [-0.05, 0) is 50.5 Å². The van der Waals surface area contributed by atoms with Gasteiger partial charge in [0.15, 0.2) is 0 Å². The van der Waals surface area contributed by atoms with Crippen molar-refractivity contribution in [2.75, 3.05) is 11.4 Å². The van der Waals surface area contributed by atoms with Gasteiger partial charge in [-0.1, -0.05) is 12.1 Å². The van der Waals surface area contributed by atoms with Gasteiger partial charge in [-0.25, -0.2) is 0 Å². The summed E-state index contributed by atoms with van der Waals surface area (Å²) in [6.45, 7) is 7.03. The van der Waals surface area contributed by atoms with E-state index in [0.29, 0.717) is 0 Å². The maximum Gasteiger partial charge on any atom is 0.123 e. The fourth-order valence-electron chi connectivity index (χ4n) is 2.55. The lowest BCUT2D eigenvalue weighted by Gasteiger charge is -2.22. The Morgan fingerprint density at radius 2 is 2.14 bits per heavy atom. The first-order chi connectivity index (χ1) is 10.2. The Hall–Kier alpha value is -1.74. The Kier molecular flexibility index (Phi) is 4.30. The molecule has 3 rings (SSSR count). The van der Waals surface area contributed by atoms with E-state index < -0.39 is 0 Å². The van der Waals surface area contributed by atoms with Crippen LogP contribution in [0.2, 0.25) is 0 Å². The van der Waals surface area contributed by atoms with Crippen LogP contribution >= 0.6 is 0 Å². The first-order valence-corrected chi connectivity index (χ1v) is 7.86. The molecule has 2 aromatic rings. The van der Waals surface area contributed by atoms with Gasteiger partial charge in [-0.3, -0.25) is 0 Å². The van der Waals surface area contributed by atoms with Crippen molar-refractivity contribution in [1.82, 2.24) is 5.32 Å². The number of hydrogen-bond donors (Lipinski definition) is 1. The van der Waals surface area contributed by atoms with Crippen LogP contribution in [0, 0.1) is 6.92 Å². The molecule has 0 bridgehead atoms. The lowest BCUT2D eigenvalue weighted by Crippen LogP contribution is -2.21. The molecule has 0 aliphatic heterocycles. The summed E-state index contributed by atoms with van der Waals surface area (Å²) in [5, 5.41) is 3.52. The van der Waals surface area contributed by atoms with Gasteiger partial charge in [0, 0.05) is 30.4 Å². The first-order valence-electron chi connectivity index (χ1n) is 7.86. The highest BCUT2D eigenvalue weighted by Crippen LogP contribution is 2.21. The second kappa shape index (κ2) is 6.35. The van der Waals surface area contributed by atoms with Gasteiger partial charge in [-0.2, -0.15) is 0 Å². The van der Waals surface area contributed by atoms with E-state index in [0.717, 1.165) is 31.4 Å². The molecule has 0 amide bonds. The molecule has 21 heavy (non-hydrogen) atoms. The molecule has 1 heterocycles. The topological polar surface area (TPSA) is 28.4 Å². The van der Waals surface area contributed by atoms with E-state index in [2.05, 4.69) is 54.4 Å². The third-order valence-electron chi connectivity index (χ3n) is 3.98. The third-order valence-corrected chi connectivity index (χ3v) is 3.98. The molecule has 3 nitrogen and oxygen atoms in total. The van der Waals surface area contributed by atoms with Crippen LogP contribution in [-0.2, 0) is 13.1 Å². The Balaban J connectivity index is 1.63. The molecule has 1 aliphatic rings. The number of benzene rings is 1. The maximum absolute atomic E-state index is 5.72. The molecule has 0 spiro atoms. The standard InChI is InChI=1S/C18H24N2O/c1-3-20(17-6-4-5-14(2)9-17)12-18-10-15(13-21-18)11-19-16-7-8-16/h4-6,9-10,13,16,19H,3,7-8,11-12H2,1-2H3. The number of aryl methyl sites for hydroxylation is 1. The molecule has 1 N–H and O–H groups in total. The summed E-state index contributed by atoms with van der Waals surface area (Å²) in [7, 11) is 0. The zero-order valence-electron chi connectivity index (χ0n) is 12.9. The summed E-state index contributed by atoms with van der Waals surface area (Å²) in [6.07, 6.45) is 4.53. The predicted octanol–water partition coefficient (Wildman–Crippen LogP) is 3.87. The van der Waals surface area contributed by atoms with Crippen molar-refractivity contribution in [3.05, 3.63) is 53.5 Å². The van der Waals surface area contributed by atoms with Crippen molar-refractivity contribution in [3.63, 3.8) is 0 Å². The lowest BCUT2D eigenvalue weighted by molar-refractivity contribution is 0.500. The number of hydrogen-bond acceptors (Lipinski definition) is 3. The van der Waals surface area contributed by atoms with E-state index in [1.807, 2.05) is 6.26 Å². The summed E-state index contributed by atoms with van der Waals surface area (Å²) in [5.74, 6) is 1.03. The quantitative estimate of drug-likeness (QED) is 0.836. The predicted molar refractivity (Wildman–Crippen MR) is 86.5 cm³/mol. The lowest BCUT2D eigenvalue weighted by atomic mass is 10.2. The van der Waals surface area contributed by atoms with E-state index in [-0.39, 0.29) is 0 Å². The number of anilines is 1. The zero-order chi connectivity index (χ0) is 14.7. The molecule has 3 heteroatoms. The first kappa shape index (κ1) is 14.2. The molecule has 0 unspecified atom stereocenters. The van der Waals surface area contributed by atoms with Crippen LogP contribution in [0.4, 0.5) is 5.69 Å². The minimum Gasteiger partial charge on any atom is -0.467 e. The minimum absolute atomic E-state index is 0.739. The van der Waals surface area contributed by atoms with Gasteiger partial charge in [0.25, 0.3) is 0 Å². The number of nitrogens with one attached hydrogen (secondary N) is 1. The van der Waals surface area contributed by atoms with Crippen LogP contribution in [0.3, 0.4) is 0 Å². The highest BCUT2D eigenvalue weighted by Gasteiger charge is 2.20. The summed E-state index contributed by atoms with van der Waals surface area (Å²) in [4.78, 5) is 2.34. The van der Waals surface area contributed by atoms with Gasteiger partial charge < -0.3 is 14.6 Å². The summed E-state index contributed by atoms with van der Waals surface area (Å²) < 4.78 is 5.72. The normalized spacial score (nSPS) is 14.4. The summed E-state index contributed by atoms with van der Waals surface area (Å²) >= 11 is 0. The molecular weight excluding hydrogens is 260 g/mol. The molecule has 0 saturated heterocycles. The van der Waals surface area contributed by atoms with Crippen LogP contribution < -0.4 is 10.2 Å². The largest absolute Gasteiger partial charge is 0.467 e. The highest BCUT2D eigenvalue weighted by molar-refractivity contribution is 5.48. The van der Waals surface area contributed by atoms with Gasteiger partial charge >= 0.3 is 0 Å². The van der Waals surface area contributed by atoms with Gasteiger partial charge in [0.1, 0.15) is 5.76 Å². The van der Waals surface area contributed by atoms with Crippen LogP contribution in [0.15, 0.2) is 41.0 Å². The zero-order valence-corrected chi connectivity index (χ0v) is 12.9. The third kappa shape index (κ3) is 3.88. The van der Waals surface area contributed by atoms with Crippen molar-refractivity contribution < 1.29 is 4.42 Å². The molecule has 1 fully saturated rings.